The number of rotatable bonds is 4. The summed E-state index contributed by atoms with van der Waals surface area (Å²) in [7, 11) is 1.78. The van der Waals surface area contributed by atoms with E-state index in [1.165, 1.54) is 0 Å². The molecule has 1 amide bonds. The summed E-state index contributed by atoms with van der Waals surface area (Å²) in [6.45, 7) is 2.59. The van der Waals surface area contributed by atoms with E-state index < -0.39 is 0 Å². The van der Waals surface area contributed by atoms with Crippen LogP contribution in [-0.4, -0.2) is 17.9 Å². The van der Waals surface area contributed by atoms with Crippen LogP contribution in [0.2, 0.25) is 0 Å². The number of aryl methyl sites for hydroxylation is 1. The SMILES string of the molecule is CCc1ccc(C(=O)N(C)Cc2ccccc2)o1. The van der Waals surface area contributed by atoms with Gasteiger partial charge in [-0.3, -0.25) is 4.79 Å². The topological polar surface area (TPSA) is 33.5 Å². The molecule has 0 unspecified atom stereocenters. The van der Waals surface area contributed by atoms with Gasteiger partial charge < -0.3 is 9.32 Å². The van der Waals surface area contributed by atoms with Crippen LogP contribution in [0.1, 0.15) is 28.8 Å². The molecule has 0 aliphatic carbocycles. The maximum Gasteiger partial charge on any atom is 0.289 e. The lowest BCUT2D eigenvalue weighted by atomic mass is 10.2. The zero-order valence-corrected chi connectivity index (χ0v) is 10.7. The molecule has 2 aromatic rings. The number of hydrogen-bond donors (Lipinski definition) is 0. The fourth-order valence-corrected chi connectivity index (χ4v) is 1.80. The van der Waals surface area contributed by atoms with Gasteiger partial charge in [-0.1, -0.05) is 37.3 Å². The minimum atomic E-state index is -0.0847. The molecular weight excluding hydrogens is 226 g/mol. The first-order valence-corrected chi connectivity index (χ1v) is 6.09. The minimum absolute atomic E-state index is 0.0847. The maximum absolute atomic E-state index is 12.1. The van der Waals surface area contributed by atoms with E-state index in [9.17, 15) is 4.79 Å². The van der Waals surface area contributed by atoms with Crippen molar-refractivity contribution in [3.05, 3.63) is 59.5 Å². The van der Waals surface area contributed by atoms with Crippen molar-refractivity contribution in [3.8, 4) is 0 Å². The number of amides is 1. The highest BCUT2D eigenvalue weighted by molar-refractivity contribution is 5.91. The molecule has 1 heterocycles. The van der Waals surface area contributed by atoms with Crippen LogP contribution in [0.4, 0.5) is 0 Å². The Morgan fingerprint density at radius 1 is 1.17 bits per heavy atom. The molecule has 0 saturated heterocycles. The van der Waals surface area contributed by atoms with E-state index >= 15 is 0 Å². The van der Waals surface area contributed by atoms with E-state index in [0.29, 0.717) is 12.3 Å². The molecule has 18 heavy (non-hydrogen) atoms. The average Bonchev–Trinajstić information content (AvgIpc) is 2.87. The summed E-state index contributed by atoms with van der Waals surface area (Å²) in [5, 5.41) is 0. The molecule has 1 aromatic heterocycles. The Bertz CT molecular complexity index is 516. The van der Waals surface area contributed by atoms with Gasteiger partial charge in [-0.2, -0.15) is 0 Å². The molecule has 94 valence electrons. The van der Waals surface area contributed by atoms with Crippen LogP contribution >= 0.6 is 0 Å². The minimum Gasteiger partial charge on any atom is -0.456 e. The zero-order chi connectivity index (χ0) is 13.0. The summed E-state index contributed by atoms with van der Waals surface area (Å²) >= 11 is 0. The van der Waals surface area contributed by atoms with E-state index in [4.69, 9.17) is 4.42 Å². The average molecular weight is 243 g/mol. The third-order valence-corrected chi connectivity index (χ3v) is 2.83. The van der Waals surface area contributed by atoms with Crippen molar-refractivity contribution >= 4 is 5.91 Å². The highest BCUT2D eigenvalue weighted by Gasteiger charge is 2.15. The van der Waals surface area contributed by atoms with Gasteiger partial charge in [0.15, 0.2) is 5.76 Å². The Hall–Kier alpha value is -2.03. The zero-order valence-electron chi connectivity index (χ0n) is 10.7. The van der Waals surface area contributed by atoms with Gasteiger partial charge >= 0.3 is 0 Å². The number of benzene rings is 1. The molecule has 3 nitrogen and oxygen atoms in total. The molecule has 2 rings (SSSR count). The van der Waals surface area contributed by atoms with Gasteiger partial charge in [0.2, 0.25) is 0 Å². The maximum atomic E-state index is 12.1. The third kappa shape index (κ3) is 2.80. The van der Waals surface area contributed by atoms with E-state index in [0.717, 1.165) is 17.7 Å². The molecule has 0 N–H and O–H groups in total. The first-order chi connectivity index (χ1) is 8.70. The van der Waals surface area contributed by atoms with Crippen molar-refractivity contribution in [1.82, 2.24) is 4.90 Å². The van der Waals surface area contributed by atoms with E-state index in [-0.39, 0.29) is 5.91 Å². The second-order valence-electron chi connectivity index (χ2n) is 4.27. The van der Waals surface area contributed by atoms with Crippen molar-refractivity contribution in [3.63, 3.8) is 0 Å². The smallest absolute Gasteiger partial charge is 0.289 e. The molecule has 0 saturated carbocycles. The molecule has 0 atom stereocenters. The lowest BCUT2D eigenvalue weighted by Gasteiger charge is -2.15. The van der Waals surface area contributed by atoms with Crippen molar-refractivity contribution in [2.24, 2.45) is 0 Å². The number of carbonyl (C=O) groups excluding carboxylic acids is 1. The number of hydrogen-bond acceptors (Lipinski definition) is 2. The normalized spacial score (nSPS) is 10.3. The van der Waals surface area contributed by atoms with E-state index in [1.807, 2.05) is 43.3 Å². The van der Waals surface area contributed by atoms with Crippen molar-refractivity contribution in [1.29, 1.82) is 0 Å². The largest absolute Gasteiger partial charge is 0.456 e. The summed E-state index contributed by atoms with van der Waals surface area (Å²) in [5.41, 5.74) is 1.11. The van der Waals surface area contributed by atoms with Gasteiger partial charge in [-0.25, -0.2) is 0 Å². The van der Waals surface area contributed by atoms with Gasteiger partial charge in [0, 0.05) is 20.0 Å². The van der Waals surface area contributed by atoms with Gasteiger partial charge in [0.25, 0.3) is 5.91 Å². The van der Waals surface area contributed by atoms with E-state index in [2.05, 4.69) is 0 Å². The third-order valence-electron chi connectivity index (χ3n) is 2.83. The molecule has 0 radical (unpaired) electrons. The highest BCUT2D eigenvalue weighted by atomic mass is 16.4. The predicted octanol–water partition coefficient (Wildman–Crippen LogP) is 3.11. The van der Waals surface area contributed by atoms with Crippen LogP contribution < -0.4 is 0 Å². The van der Waals surface area contributed by atoms with Gasteiger partial charge in [0.05, 0.1) is 0 Å². The molecular formula is C15H17NO2. The van der Waals surface area contributed by atoms with Crippen LogP contribution in [0.15, 0.2) is 46.9 Å². The van der Waals surface area contributed by atoms with Crippen molar-refractivity contribution in [2.45, 2.75) is 19.9 Å². The Morgan fingerprint density at radius 2 is 1.89 bits per heavy atom. The number of carbonyl (C=O) groups is 1. The summed E-state index contributed by atoms with van der Waals surface area (Å²) in [4.78, 5) is 13.8. The standard InChI is InChI=1S/C15H17NO2/c1-3-13-9-10-14(18-13)15(17)16(2)11-12-7-5-4-6-8-12/h4-10H,3,11H2,1-2H3. The first kappa shape index (κ1) is 12.4. The fourth-order valence-electron chi connectivity index (χ4n) is 1.80. The van der Waals surface area contributed by atoms with Crippen LogP contribution in [-0.2, 0) is 13.0 Å². The Labute approximate surface area is 107 Å². The molecule has 0 aliphatic heterocycles. The summed E-state index contributed by atoms with van der Waals surface area (Å²) in [6, 6.07) is 13.5. The second-order valence-corrected chi connectivity index (χ2v) is 4.27. The summed E-state index contributed by atoms with van der Waals surface area (Å²) in [6.07, 6.45) is 0.801. The van der Waals surface area contributed by atoms with Gasteiger partial charge in [0.1, 0.15) is 5.76 Å². The first-order valence-electron chi connectivity index (χ1n) is 6.09. The predicted molar refractivity (Wildman–Crippen MR) is 70.3 cm³/mol. The lowest BCUT2D eigenvalue weighted by Crippen LogP contribution is -2.25. The second kappa shape index (κ2) is 5.54. The Morgan fingerprint density at radius 3 is 2.50 bits per heavy atom. The van der Waals surface area contributed by atoms with Crippen LogP contribution in [0.3, 0.4) is 0 Å². The summed E-state index contributed by atoms with van der Waals surface area (Å²) in [5.74, 6) is 1.16. The lowest BCUT2D eigenvalue weighted by molar-refractivity contribution is 0.0751. The van der Waals surface area contributed by atoms with Crippen LogP contribution in [0.25, 0.3) is 0 Å². The molecule has 1 aromatic carbocycles. The Balaban J connectivity index is 2.05. The van der Waals surface area contributed by atoms with Crippen LogP contribution in [0.5, 0.6) is 0 Å². The molecule has 0 aliphatic rings. The van der Waals surface area contributed by atoms with Gasteiger partial charge in [-0.15, -0.1) is 0 Å². The fraction of sp³-hybridized carbons (Fsp3) is 0.267. The van der Waals surface area contributed by atoms with Gasteiger partial charge in [-0.05, 0) is 17.7 Å². The Kier molecular flexibility index (Phi) is 3.82. The van der Waals surface area contributed by atoms with E-state index in [1.54, 1.807) is 18.0 Å². The monoisotopic (exact) mass is 243 g/mol. The van der Waals surface area contributed by atoms with Crippen molar-refractivity contribution < 1.29 is 9.21 Å². The molecule has 3 heteroatoms. The van der Waals surface area contributed by atoms with Crippen molar-refractivity contribution in [2.75, 3.05) is 7.05 Å². The number of nitrogens with zero attached hydrogens (tertiary/aromatic N) is 1. The quantitative estimate of drug-likeness (QED) is 0.826. The summed E-state index contributed by atoms with van der Waals surface area (Å²) < 4.78 is 5.46. The number of furan rings is 1. The highest BCUT2D eigenvalue weighted by Crippen LogP contribution is 2.12. The molecule has 0 bridgehead atoms. The van der Waals surface area contributed by atoms with Crippen LogP contribution in [0, 0.1) is 0 Å². The molecule has 0 spiro atoms. The molecule has 0 fully saturated rings.